The van der Waals surface area contributed by atoms with E-state index < -0.39 is 5.82 Å². The van der Waals surface area contributed by atoms with E-state index in [-0.39, 0.29) is 5.91 Å². The minimum Gasteiger partial charge on any atom is -0.437 e. The molecular formula is C29H31FN6O2. The SMILES string of the molecule is C=C(C)NCCCNc1cc(Oc2cccc(F)c2)nn2c(-c3ccc(C(=O)NC4CC4)c(C)c3)cnc12. The highest BCUT2D eigenvalue weighted by Gasteiger charge is 2.24. The molecule has 2 heterocycles. The van der Waals surface area contributed by atoms with Gasteiger partial charge in [0.25, 0.3) is 5.91 Å². The molecule has 0 atom stereocenters. The topological polar surface area (TPSA) is 92.6 Å². The number of nitrogens with one attached hydrogen (secondary N) is 3. The van der Waals surface area contributed by atoms with Crippen LogP contribution in [0.1, 0.15) is 42.1 Å². The van der Waals surface area contributed by atoms with Gasteiger partial charge in [-0.1, -0.05) is 18.7 Å². The van der Waals surface area contributed by atoms with E-state index in [1.54, 1.807) is 28.9 Å². The van der Waals surface area contributed by atoms with Crippen molar-refractivity contribution in [2.75, 3.05) is 18.4 Å². The molecule has 1 aliphatic carbocycles. The third-order valence-electron chi connectivity index (χ3n) is 6.24. The Morgan fingerprint density at radius 2 is 2.03 bits per heavy atom. The summed E-state index contributed by atoms with van der Waals surface area (Å²) in [5, 5.41) is 14.4. The molecule has 5 rings (SSSR count). The van der Waals surface area contributed by atoms with Crippen LogP contribution in [0.15, 0.2) is 67.0 Å². The number of aryl methyl sites for hydroxylation is 1. The number of hydrogen-bond acceptors (Lipinski definition) is 6. The Hall–Kier alpha value is -4.40. The molecule has 0 spiro atoms. The maximum absolute atomic E-state index is 13.8. The summed E-state index contributed by atoms with van der Waals surface area (Å²) in [7, 11) is 0. The van der Waals surface area contributed by atoms with E-state index in [1.807, 2.05) is 32.0 Å². The van der Waals surface area contributed by atoms with Crippen molar-refractivity contribution in [2.45, 2.75) is 39.2 Å². The number of fused-ring (bicyclic) bond motifs is 1. The monoisotopic (exact) mass is 514 g/mol. The lowest BCUT2D eigenvalue weighted by molar-refractivity contribution is 0.0950. The fraction of sp³-hybridized carbons (Fsp3) is 0.276. The van der Waals surface area contributed by atoms with Crippen molar-refractivity contribution in [3.63, 3.8) is 0 Å². The molecule has 2 aromatic carbocycles. The van der Waals surface area contributed by atoms with E-state index in [0.717, 1.165) is 54.0 Å². The molecule has 1 fully saturated rings. The highest BCUT2D eigenvalue weighted by Crippen LogP contribution is 2.30. The van der Waals surface area contributed by atoms with Crippen LogP contribution < -0.4 is 20.7 Å². The molecule has 1 amide bonds. The second-order valence-electron chi connectivity index (χ2n) is 9.60. The fourth-order valence-electron chi connectivity index (χ4n) is 4.16. The minimum absolute atomic E-state index is 0.0498. The number of benzene rings is 2. The van der Waals surface area contributed by atoms with Crippen molar-refractivity contribution in [1.82, 2.24) is 25.2 Å². The van der Waals surface area contributed by atoms with Gasteiger partial charge < -0.3 is 20.7 Å². The van der Waals surface area contributed by atoms with Gasteiger partial charge in [0.2, 0.25) is 5.88 Å². The molecule has 0 saturated heterocycles. The first-order valence-electron chi connectivity index (χ1n) is 12.7. The summed E-state index contributed by atoms with van der Waals surface area (Å²) in [5.74, 6) is 0.196. The molecule has 3 N–H and O–H groups in total. The number of halogens is 1. The molecule has 1 saturated carbocycles. The summed E-state index contributed by atoms with van der Waals surface area (Å²) >= 11 is 0. The van der Waals surface area contributed by atoms with Crippen molar-refractivity contribution in [3.8, 4) is 22.9 Å². The Kier molecular flexibility index (Phi) is 7.26. The zero-order valence-corrected chi connectivity index (χ0v) is 21.6. The van der Waals surface area contributed by atoms with E-state index in [0.29, 0.717) is 35.4 Å². The number of hydrogen-bond donors (Lipinski definition) is 3. The Labute approximate surface area is 220 Å². The first-order valence-corrected chi connectivity index (χ1v) is 12.7. The van der Waals surface area contributed by atoms with E-state index in [2.05, 4.69) is 32.6 Å². The summed E-state index contributed by atoms with van der Waals surface area (Å²) in [4.78, 5) is 17.2. The summed E-state index contributed by atoms with van der Waals surface area (Å²) in [6, 6.07) is 13.7. The Morgan fingerprint density at radius 3 is 2.76 bits per heavy atom. The van der Waals surface area contributed by atoms with Crippen LogP contribution in [0.4, 0.5) is 10.1 Å². The normalized spacial score (nSPS) is 12.8. The third-order valence-corrected chi connectivity index (χ3v) is 6.24. The summed E-state index contributed by atoms with van der Waals surface area (Å²) in [6.45, 7) is 9.18. The maximum atomic E-state index is 13.8. The molecular weight excluding hydrogens is 483 g/mol. The lowest BCUT2D eigenvalue weighted by Crippen LogP contribution is -2.26. The van der Waals surface area contributed by atoms with Gasteiger partial charge in [0.15, 0.2) is 5.65 Å². The van der Waals surface area contributed by atoms with Crippen LogP contribution in [0.2, 0.25) is 0 Å². The van der Waals surface area contributed by atoms with E-state index in [4.69, 9.17) is 4.74 Å². The highest BCUT2D eigenvalue weighted by atomic mass is 19.1. The summed E-state index contributed by atoms with van der Waals surface area (Å²) in [6.07, 6.45) is 4.69. The van der Waals surface area contributed by atoms with Gasteiger partial charge in [-0.25, -0.2) is 13.9 Å². The number of allylic oxidation sites excluding steroid dienone is 1. The zero-order chi connectivity index (χ0) is 26.6. The van der Waals surface area contributed by atoms with E-state index in [9.17, 15) is 9.18 Å². The van der Waals surface area contributed by atoms with Gasteiger partial charge in [0.1, 0.15) is 11.6 Å². The third kappa shape index (κ3) is 5.94. The number of rotatable bonds is 11. The molecule has 2 aromatic heterocycles. The average Bonchev–Trinajstić information content (AvgIpc) is 3.58. The molecule has 196 valence electrons. The lowest BCUT2D eigenvalue weighted by Gasteiger charge is -2.13. The second kappa shape index (κ2) is 10.9. The Balaban J connectivity index is 1.46. The summed E-state index contributed by atoms with van der Waals surface area (Å²) < 4.78 is 21.4. The van der Waals surface area contributed by atoms with Gasteiger partial charge in [-0.2, -0.15) is 0 Å². The van der Waals surface area contributed by atoms with E-state index >= 15 is 0 Å². The number of anilines is 1. The van der Waals surface area contributed by atoms with Crippen LogP contribution in [0, 0.1) is 12.7 Å². The quantitative estimate of drug-likeness (QED) is 0.231. The van der Waals surface area contributed by atoms with Gasteiger partial charge in [-0.15, -0.1) is 5.10 Å². The van der Waals surface area contributed by atoms with Gasteiger partial charge in [-0.05, 0) is 62.9 Å². The van der Waals surface area contributed by atoms with Crippen molar-refractivity contribution in [3.05, 3.63) is 83.9 Å². The second-order valence-corrected chi connectivity index (χ2v) is 9.60. The number of carbonyl (C=O) groups is 1. The highest BCUT2D eigenvalue weighted by molar-refractivity contribution is 5.96. The fourth-order valence-corrected chi connectivity index (χ4v) is 4.16. The number of amides is 1. The first kappa shape index (κ1) is 25.3. The smallest absolute Gasteiger partial charge is 0.251 e. The molecule has 0 aliphatic heterocycles. The maximum Gasteiger partial charge on any atom is 0.251 e. The number of nitrogens with zero attached hydrogens (tertiary/aromatic N) is 3. The number of ether oxygens (including phenoxy) is 1. The average molecular weight is 515 g/mol. The van der Waals surface area contributed by atoms with Crippen LogP contribution in [-0.4, -0.2) is 39.6 Å². The number of imidazole rings is 1. The van der Waals surface area contributed by atoms with Crippen molar-refractivity contribution >= 4 is 17.2 Å². The molecule has 0 bridgehead atoms. The van der Waals surface area contributed by atoms with Crippen LogP contribution >= 0.6 is 0 Å². The van der Waals surface area contributed by atoms with Crippen molar-refractivity contribution in [1.29, 1.82) is 0 Å². The minimum atomic E-state index is -0.392. The van der Waals surface area contributed by atoms with Crippen LogP contribution in [0.5, 0.6) is 11.6 Å². The first-order chi connectivity index (χ1) is 18.4. The van der Waals surface area contributed by atoms with Crippen molar-refractivity contribution in [2.24, 2.45) is 0 Å². The predicted octanol–water partition coefficient (Wildman–Crippen LogP) is 5.45. The number of carbonyl (C=O) groups excluding carboxylic acids is 1. The Morgan fingerprint density at radius 1 is 1.18 bits per heavy atom. The molecule has 8 nitrogen and oxygen atoms in total. The molecule has 0 unspecified atom stereocenters. The van der Waals surface area contributed by atoms with Crippen LogP contribution in [-0.2, 0) is 0 Å². The van der Waals surface area contributed by atoms with Gasteiger partial charge >= 0.3 is 0 Å². The van der Waals surface area contributed by atoms with E-state index in [1.165, 1.54) is 12.1 Å². The van der Waals surface area contributed by atoms with Crippen molar-refractivity contribution < 1.29 is 13.9 Å². The van der Waals surface area contributed by atoms with Crippen LogP contribution in [0.25, 0.3) is 16.9 Å². The Bertz CT molecular complexity index is 1490. The predicted molar refractivity (Wildman–Crippen MR) is 146 cm³/mol. The molecule has 0 radical (unpaired) electrons. The molecule has 1 aliphatic rings. The molecule has 4 aromatic rings. The zero-order valence-electron chi connectivity index (χ0n) is 21.6. The largest absolute Gasteiger partial charge is 0.437 e. The van der Waals surface area contributed by atoms with Gasteiger partial charge in [-0.3, -0.25) is 4.79 Å². The molecule has 9 heteroatoms. The lowest BCUT2D eigenvalue weighted by atomic mass is 10.0. The standard InChI is InChI=1S/C29H31FN6O2/c1-18(2)31-12-5-13-32-25-16-27(38-23-7-4-6-21(30)15-23)35-36-26(17-33-28(25)36)20-8-11-24(19(3)14-20)29(37)34-22-9-10-22/h4,6-8,11,14-17,22,31-32H,1,5,9-10,12-13H2,2-3H3,(H,34,37). The molecule has 38 heavy (non-hydrogen) atoms. The van der Waals surface area contributed by atoms with Crippen LogP contribution in [0.3, 0.4) is 0 Å². The van der Waals surface area contributed by atoms with Gasteiger partial charge in [0, 0.05) is 48.1 Å². The van der Waals surface area contributed by atoms with Gasteiger partial charge in [0.05, 0.1) is 17.6 Å². The number of aromatic nitrogens is 3. The summed E-state index contributed by atoms with van der Waals surface area (Å²) in [5.41, 5.74) is 5.43.